The number of carbonyl (C=O) groups is 3. The van der Waals surface area contributed by atoms with Gasteiger partial charge in [0.1, 0.15) is 11.2 Å². The molecule has 1 saturated carbocycles. The molecule has 1 aliphatic carbocycles. The van der Waals surface area contributed by atoms with Crippen molar-refractivity contribution in [3.8, 4) is 0 Å². The zero-order valence-electron chi connectivity index (χ0n) is 19.7. The predicted molar refractivity (Wildman–Crippen MR) is 125 cm³/mol. The second-order valence-electron chi connectivity index (χ2n) is 9.54. The first-order chi connectivity index (χ1) is 15.8. The molecule has 1 fully saturated rings. The highest BCUT2D eigenvalue weighted by Gasteiger charge is 2.46. The van der Waals surface area contributed by atoms with E-state index in [1.165, 1.54) is 28.5 Å². The molecular formula is C25H33N5O3. The van der Waals surface area contributed by atoms with Gasteiger partial charge in [-0.1, -0.05) is 55.5 Å². The molecule has 2 aromatic rings. The first kappa shape index (κ1) is 23.0. The van der Waals surface area contributed by atoms with Crippen molar-refractivity contribution in [2.24, 2.45) is 0 Å². The second kappa shape index (κ2) is 9.37. The van der Waals surface area contributed by atoms with Crippen LogP contribution < -0.4 is 10.6 Å². The molecule has 8 heteroatoms. The number of rotatable bonds is 5. The topological polar surface area (TPSA) is 96.3 Å². The van der Waals surface area contributed by atoms with Crippen LogP contribution in [-0.4, -0.2) is 51.0 Å². The number of benzene rings is 1. The third-order valence-electron chi connectivity index (χ3n) is 6.99. The molecule has 0 radical (unpaired) electrons. The molecule has 1 aliphatic heterocycles. The highest BCUT2D eigenvalue weighted by molar-refractivity contribution is 6.01. The van der Waals surface area contributed by atoms with E-state index in [4.69, 9.17) is 0 Å². The molecule has 1 atom stereocenters. The van der Waals surface area contributed by atoms with Gasteiger partial charge in [0.25, 0.3) is 11.8 Å². The van der Waals surface area contributed by atoms with E-state index in [2.05, 4.69) is 15.7 Å². The van der Waals surface area contributed by atoms with Gasteiger partial charge in [0.05, 0.1) is 6.54 Å². The van der Waals surface area contributed by atoms with Gasteiger partial charge in [0, 0.05) is 25.7 Å². The highest BCUT2D eigenvalue weighted by Crippen LogP contribution is 2.27. The zero-order chi connectivity index (χ0) is 23.6. The van der Waals surface area contributed by atoms with Crippen LogP contribution in [0.2, 0.25) is 0 Å². The van der Waals surface area contributed by atoms with Crippen LogP contribution in [0.1, 0.15) is 77.6 Å². The van der Waals surface area contributed by atoms with Crippen molar-refractivity contribution in [2.45, 2.75) is 77.0 Å². The van der Waals surface area contributed by atoms with E-state index in [0.29, 0.717) is 12.2 Å². The third-order valence-corrected chi connectivity index (χ3v) is 6.99. The normalized spacial score (nSPS) is 21.3. The molecule has 1 aromatic heterocycles. The van der Waals surface area contributed by atoms with Gasteiger partial charge >= 0.3 is 0 Å². The monoisotopic (exact) mass is 451 g/mol. The first-order valence-corrected chi connectivity index (χ1v) is 11.8. The lowest BCUT2D eigenvalue weighted by Crippen LogP contribution is -2.63. The lowest BCUT2D eigenvalue weighted by Gasteiger charge is -2.41. The second-order valence-corrected chi connectivity index (χ2v) is 9.54. The van der Waals surface area contributed by atoms with Gasteiger partial charge in [-0.3, -0.25) is 19.1 Å². The molecule has 0 unspecified atom stereocenters. The van der Waals surface area contributed by atoms with E-state index in [0.717, 1.165) is 36.8 Å². The van der Waals surface area contributed by atoms with Gasteiger partial charge in [0.15, 0.2) is 5.69 Å². The number of nitrogens with one attached hydrogen (secondary N) is 2. The Morgan fingerprint density at radius 3 is 2.45 bits per heavy atom. The summed E-state index contributed by atoms with van der Waals surface area (Å²) in [4.78, 5) is 40.5. The summed E-state index contributed by atoms with van der Waals surface area (Å²) in [6, 6.07) is 9.56. The number of likely N-dealkylation sites (N-methyl/N-ethyl adjacent to an activating group) is 1. The number of amides is 3. The predicted octanol–water partition coefficient (Wildman–Crippen LogP) is 2.80. The van der Waals surface area contributed by atoms with Crippen molar-refractivity contribution in [1.29, 1.82) is 0 Å². The van der Waals surface area contributed by atoms with Gasteiger partial charge in [-0.05, 0) is 32.3 Å². The van der Waals surface area contributed by atoms with Crippen molar-refractivity contribution < 1.29 is 14.4 Å². The highest BCUT2D eigenvalue weighted by atomic mass is 16.2. The Morgan fingerprint density at radius 1 is 1.12 bits per heavy atom. The van der Waals surface area contributed by atoms with Crippen molar-refractivity contribution in [3.05, 3.63) is 52.8 Å². The van der Waals surface area contributed by atoms with Gasteiger partial charge in [0.2, 0.25) is 5.91 Å². The lowest BCUT2D eigenvalue weighted by molar-refractivity contribution is -0.133. The molecule has 0 spiro atoms. The molecule has 33 heavy (non-hydrogen) atoms. The van der Waals surface area contributed by atoms with E-state index < -0.39 is 5.54 Å². The Kier molecular flexibility index (Phi) is 6.54. The minimum Gasteiger partial charge on any atom is -0.351 e. The number of fused-ring (bicyclic) bond motifs is 1. The summed E-state index contributed by atoms with van der Waals surface area (Å²) < 4.78 is 1.50. The third kappa shape index (κ3) is 4.79. The number of carbonyl (C=O) groups excluding carboxylic acids is 3. The summed E-state index contributed by atoms with van der Waals surface area (Å²) in [6.45, 7) is 4.35. The van der Waals surface area contributed by atoms with Gasteiger partial charge in [-0.2, -0.15) is 5.10 Å². The van der Waals surface area contributed by atoms with Crippen molar-refractivity contribution in [3.63, 3.8) is 0 Å². The van der Waals surface area contributed by atoms with E-state index in [-0.39, 0.29) is 36.0 Å². The summed E-state index contributed by atoms with van der Waals surface area (Å²) in [7, 11) is 1.64. The van der Waals surface area contributed by atoms with Crippen LogP contribution in [-0.2, 0) is 17.9 Å². The average Bonchev–Trinajstić information content (AvgIpc) is 3.05. The van der Waals surface area contributed by atoms with Crippen LogP contribution in [0.25, 0.3) is 0 Å². The minimum absolute atomic E-state index is 0.141. The van der Waals surface area contributed by atoms with Gasteiger partial charge in [-0.25, -0.2) is 0 Å². The maximum absolute atomic E-state index is 13.3. The summed E-state index contributed by atoms with van der Waals surface area (Å²) >= 11 is 0. The number of hydrogen-bond acceptors (Lipinski definition) is 4. The molecule has 8 nitrogen and oxygen atoms in total. The van der Waals surface area contributed by atoms with E-state index in [1.807, 2.05) is 31.2 Å². The largest absolute Gasteiger partial charge is 0.351 e. The molecule has 4 rings (SSSR count). The Hall–Kier alpha value is -3.16. The molecule has 0 saturated heterocycles. The molecular weight excluding hydrogens is 418 g/mol. The van der Waals surface area contributed by atoms with Crippen LogP contribution in [0.3, 0.4) is 0 Å². The molecule has 1 aromatic carbocycles. The maximum atomic E-state index is 13.3. The quantitative estimate of drug-likeness (QED) is 0.684. The summed E-state index contributed by atoms with van der Waals surface area (Å²) in [5.41, 5.74) is 1.56. The van der Waals surface area contributed by atoms with Crippen LogP contribution in [0.15, 0.2) is 30.3 Å². The lowest BCUT2D eigenvalue weighted by atomic mass is 9.95. The molecule has 3 amide bonds. The van der Waals surface area contributed by atoms with E-state index >= 15 is 0 Å². The van der Waals surface area contributed by atoms with Crippen LogP contribution >= 0.6 is 0 Å². The molecule has 176 valence electrons. The number of nitrogens with zero attached hydrogens (tertiary/aromatic N) is 3. The maximum Gasteiger partial charge on any atom is 0.272 e. The van der Waals surface area contributed by atoms with Gasteiger partial charge < -0.3 is 15.5 Å². The molecule has 0 bridgehead atoms. The fourth-order valence-electron chi connectivity index (χ4n) is 4.58. The van der Waals surface area contributed by atoms with Gasteiger partial charge in [-0.15, -0.1) is 0 Å². The first-order valence-electron chi connectivity index (χ1n) is 11.8. The van der Waals surface area contributed by atoms with Crippen molar-refractivity contribution in [2.75, 3.05) is 7.05 Å². The fraction of sp³-hybridized carbons (Fsp3) is 0.520. The summed E-state index contributed by atoms with van der Waals surface area (Å²) in [6.07, 6.45) is 6.57. The van der Waals surface area contributed by atoms with Crippen LogP contribution in [0, 0.1) is 6.92 Å². The molecule has 2 N–H and O–H groups in total. The summed E-state index contributed by atoms with van der Waals surface area (Å²) in [5, 5.41) is 10.4. The Morgan fingerprint density at radius 2 is 1.79 bits per heavy atom. The molecule has 2 aliphatic rings. The molecule has 2 heterocycles. The number of aromatic nitrogens is 2. The number of hydrogen-bond donors (Lipinski definition) is 2. The SMILES string of the molecule is Cc1ccc(CNC(=O)c2cc3n(n2)C[C@@](C)(C(=O)NC2CCCCCC2)N(C)C3=O)cc1. The van der Waals surface area contributed by atoms with Crippen molar-refractivity contribution in [1.82, 2.24) is 25.3 Å². The van der Waals surface area contributed by atoms with Crippen LogP contribution in [0.5, 0.6) is 0 Å². The van der Waals surface area contributed by atoms with Crippen molar-refractivity contribution >= 4 is 17.7 Å². The Bertz CT molecular complexity index is 1040. The van der Waals surface area contributed by atoms with Crippen LogP contribution in [0.4, 0.5) is 0 Å². The minimum atomic E-state index is -1.07. The van der Waals surface area contributed by atoms with E-state index in [1.54, 1.807) is 14.0 Å². The Labute approximate surface area is 194 Å². The van der Waals surface area contributed by atoms with E-state index in [9.17, 15) is 14.4 Å². The zero-order valence-corrected chi connectivity index (χ0v) is 19.7. The smallest absolute Gasteiger partial charge is 0.272 e. The fourth-order valence-corrected chi connectivity index (χ4v) is 4.58. The summed E-state index contributed by atoms with van der Waals surface area (Å²) in [5.74, 6) is -0.834. The standard InChI is InChI=1S/C25H33N5O3/c1-17-10-12-18(13-11-17)15-26-22(31)20-14-21-23(32)29(3)25(2,16-30(21)28-20)24(33)27-19-8-6-4-5-7-9-19/h10-14,19H,4-9,15-16H2,1-3H3,(H,26,31)(H,27,33)/t25-/m0/s1. The number of aryl methyl sites for hydroxylation is 1. The Balaban J connectivity index is 1.46. The average molecular weight is 452 g/mol.